The first-order valence-corrected chi connectivity index (χ1v) is 5.20. The first-order valence-electron chi connectivity index (χ1n) is 5.20. The number of nitrogens with zero attached hydrogens (tertiary/aromatic N) is 1. The fourth-order valence-corrected chi connectivity index (χ4v) is 1.57. The average Bonchev–Trinajstić information content (AvgIpc) is 2.06. The molecule has 0 saturated heterocycles. The van der Waals surface area contributed by atoms with Gasteiger partial charge in [-0.15, -0.1) is 0 Å². The molecule has 1 heterocycles. The standard InChI is InChI=1S/C12H21N2/c1-12(2,3)10-11-6-4-5-8-14(11)9-7-13/h4-6,8H,7,9-10,13H2,1-3H3/q+1. The lowest BCUT2D eigenvalue weighted by atomic mass is 9.90. The van der Waals surface area contributed by atoms with Crippen molar-refractivity contribution in [3.05, 3.63) is 30.1 Å². The van der Waals surface area contributed by atoms with E-state index in [1.165, 1.54) is 5.69 Å². The lowest BCUT2D eigenvalue weighted by Crippen LogP contribution is -2.42. The van der Waals surface area contributed by atoms with Gasteiger partial charge in [-0.25, -0.2) is 4.57 Å². The highest BCUT2D eigenvalue weighted by molar-refractivity contribution is 4.99. The molecule has 0 fully saturated rings. The van der Waals surface area contributed by atoms with Crippen molar-refractivity contribution in [2.75, 3.05) is 6.54 Å². The molecule has 78 valence electrons. The fraction of sp³-hybridized carbons (Fsp3) is 0.583. The number of aromatic nitrogens is 1. The molecule has 0 amide bonds. The summed E-state index contributed by atoms with van der Waals surface area (Å²) in [6, 6.07) is 6.33. The number of nitrogens with two attached hydrogens (primary N) is 1. The molecule has 0 bridgehead atoms. The van der Waals surface area contributed by atoms with Crippen LogP contribution in [0.2, 0.25) is 0 Å². The van der Waals surface area contributed by atoms with Crippen LogP contribution in [0, 0.1) is 5.41 Å². The minimum atomic E-state index is 0.331. The predicted molar refractivity (Wildman–Crippen MR) is 58.9 cm³/mol. The smallest absolute Gasteiger partial charge is 0.181 e. The molecule has 0 saturated carbocycles. The Balaban J connectivity index is 2.84. The molecule has 0 atom stereocenters. The molecule has 0 unspecified atom stereocenters. The van der Waals surface area contributed by atoms with Crippen molar-refractivity contribution in [1.82, 2.24) is 0 Å². The average molecular weight is 193 g/mol. The van der Waals surface area contributed by atoms with Gasteiger partial charge in [-0.2, -0.15) is 0 Å². The molecule has 0 aromatic carbocycles. The van der Waals surface area contributed by atoms with E-state index < -0.39 is 0 Å². The highest BCUT2D eigenvalue weighted by Gasteiger charge is 2.18. The van der Waals surface area contributed by atoms with Gasteiger partial charge in [-0.05, 0) is 5.41 Å². The zero-order chi connectivity index (χ0) is 10.6. The van der Waals surface area contributed by atoms with Gasteiger partial charge in [-0.3, -0.25) is 0 Å². The maximum Gasteiger partial charge on any atom is 0.181 e. The lowest BCUT2D eigenvalue weighted by molar-refractivity contribution is -0.702. The van der Waals surface area contributed by atoms with E-state index in [2.05, 4.69) is 49.7 Å². The summed E-state index contributed by atoms with van der Waals surface area (Å²) in [7, 11) is 0. The van der Waals surface area contributed by atoms with Crippen molar-refractivity contribution in [1.29, 1.82) is 0 Å². The van der Waals surface area contributed by atoms with Gasteiger partial charge in [-0.1, -0.05) is 26.8 Å². The SMILES string of the molecule is CC(C)(C)Cc1cccc[n+]1CCN. The van der Waals surface area contributed by atoms with Crippen molar-refractivity contribution in [2.24, 2.45) is 11.1 Å². The second-order valence-corrected chi connectivity index (χ2v) is 4.91. The molecule has 2 N–H and O–H groups in total. The summed E-state index contributed by atoms with van der Waals surface area (Å²) >= 11 is 0. The molecule has 1 aromatic rings. The van der Waals surface area contributed by atoms with Crippen LogP contribution in [0.1, 0.15) is 26.5 Å². The van der Waals surface area contributed by atoms with Crippen LogP contribution in [0.25, 0.3) is 0 Å². The molecule has 0 aliphatic carbocycles. The normalized spacial score (nSPS) is 11.7. The molecule has 0 aliphatic rings. The Kier molecular flexibility index (Phi) is 3.64. The van der Waals surface area contributed by atoms with Gasteiger partial charge in [0, 0.05) is 18.6 Å². The summed E-state index contributed by atoms with van der Waals surface area (Å²) in [5, 5.41) is 0. The van der Waals surface area contributed by atoms with Crippen LogP contribution < -0.4 is 10.3 Å². The molecule has 14 heavy (non-hydrogen) atoms. The van der Waals surface area contributed by atoms with Gasteiger partial charge >= 0.3 is 0 Å². The minimum Gasteiger partial charge on any atom is -0.325 e. The third-order valence-electron chi connectivity index (χ3n) is 2.12. The summed E-state index contributed by atoms with van der Waals surface area (Å²) < 4.78 is 2.24. The van der Waals surface area contributed by atoms with Crippen molar-refractivity contribution >= 4 is 0 Å². The van der Waals surface area contributed by atoms with Crippen LogP contribution in [-0.2, 0) is 13.0 Å². The highest BCUT2D eigenvalue weighted by Crippen LogP contribution is 2.18. The molecule has 2 nitrogen and oxygen atoms in total. The van der Waals surface area contributed by atoms with E-state index in [9.17, 15) is 0 Å². The third-order valence-corrected chi connectivity index (χ3v) is 2.12. The maximum absolute atomic E-state index is 5.57. The number of hydrogen-bond donors (Lipinski definition) is 1. The van der Waals surface area contributed by atoms with Crippen LogP contribution in [-0.4, -0.2) is 6.54 Å². The van der Waals surface area contributed by atoms with Crippen LogP contribution >= 0.6 is 0 Å². The fourth-order valence-electron chi connectivity index (χ4n) is 1.57. The molecule has 0 radical (unpaired) electrons. The van der Waals surface area contributed by atoms with Gasteiger partial charge in [0.2, 0.25) is 0 Å². The minimum absolute atomic E-state index is 0.331. The van der Waals surface area contributed by atoms with E-state index in [1.54, 1.807) is 0 Å². The zero-order valence-corrected chi connectivity index (χ0v) is 9.46. The van der Waals surface area contributed by atoms with Crippen molar-refractivity contribution in [2.45, 2.75) is 33.7 Å². The Hall–Kier alpha value is -0.890. The van der Waals surface area contributed by atoms with Gasteiger partial charge in [0.05, 0.1) is 6.54 Å². The van der Waals surface area contributed by atoms with Crippen molar-refractivity contribution in [3.63, 3.8) is 0 Å². The number of hydrogen-bond acceptors (Lipinski definition) is 1. The Morgan fingerprint density at radius 2 is 2.00 bits per heavy atom. The van der Waals surface area contributed by atoms with Gasteiger partial charge in [0.1, 0.15) is 0 Å². The van der Waals surface area contributed by atoms with E-state index in [1.807, 2.05) is 0 Å². The molecule has 2 heteroatoms. The van der Waals surface area contributed by atoms with Gasteiger partial charge in [0.25, 0.3) is 0 Å². The summed E-state index contributed by atoms with van der Waals surface area (Å²) in [5.74, 6) is 0. The maximum atomic E-state index is 5.57. The summed E-state index contributed by atoms with van der Waals surface area (Å²) in [5.41, 5.74) is 7.27. The van der Waals surface area contributed by atoms with Crippen LogP contribution in [0.4, 0.5) is 0 Å². The highest BCUT2D eigenvalue weighted by atomic mass is 15.0. The third kappa shape index (κ3) is 3.46. The predicted octanol–water partition coefficient (Wildman–Crippen LogP) is 1.52. The Morgan fingerprint density at radius 3 is 2.57 bits per heavy atom. The molecular formula is C12H21N2+. The summed E-state index contributed by atoms with van der Waals surface area (Å²) in [6.45, 7) is 8.38. The summed E-state index contributed by atoms with van der Waals surface area (Å²) in [6.07, 6.45) is 3.20. The van der Waals surface area contributed by atoms with E-state index in [0.717, 1.165) is 13.0 Å². The number of pyridine rings is 1. The van der Waals surface area contributed by atoms with Gasteiger partial charge in [0.15, 0.2) is 18.4 Å². The molecule has 0 spiro atoms. The first-order chi connectivity index (χ1) is 6.53. The zero-order valence-electron chi connectivity index (χ0n) is 9.46. The van der Waals surface area contributed by atoms with E-state index >= 15 is 0 Å². The second-order valence-electron chi connectivity index (χ2n) is 4.91. The summed E-state index contributed by atoms with van der Waals surface area (Å²) in [4.78, 5) is 0. The van der Waals surface area contributed by atoms with Crippen molar-refractivity contribution < 1.29 is 4.57 Å². The lowest BCUT2D eigenvalue weighted by Gasteiger charge is -2.16. The monoisotopic (exact) mass is 193 g/mol. The first kappa shape index (κ1) is 11.2. The molecule has 0 aliphatic heterocycles. The Labute approximate surface area is 86.8 Å². The Bertz CT molecular complexity index is 287. The van der Waals surface area contributed by atoms with Crippen molar-refractivity contribution in [3.8, 4) is 0 Å². The molecule has 1 rings (SSSR count). The molecule has 1 aromatic heterocycles. The van der Waals surface area contributed by atoms with Crippen LogP contribution in [0.15, 0.2) is 24.4 Å². The molecular weight excluding hydrogens is 172 g/mol. The van der Waals surface area contributed by atoms with E-state index in [-0.39, 0.29) is 0 Å². The van der Waals surface area contributed by atoms with Gasteiger partial charge < -0.3 is 5.73 Å². The second kappa shape index (κ2) is 4.56. The van der Waals surface area contributed by atoms with E-state index in [0.29, 0.717) is 12.0 Å². The van der Waals surface area contributed by atoms with E-state index in [4.69, 9.17) is 5.73 Å². The van der Waals surface area contributed by atoms with Crippen LogP contribution in [0.3, 0.4) is 0 Å². The quantitative estimate of drug-likeness (QED) is 0.725. The topological polar surface area (TPSA) is 29.9 Å². The Morgan fingerprint density at radius 1 is 1.29 bits per heavy atom. The van der Waals surface area contributed by atoms with Crippen LogP contribution in [0.5, 0.6) is 0 Å². The number of rotatable bonds is 3. The largest absolute Gasteiger partial charge is 0.325 e.